The zero-order chi connectivity index (χ0) is 21.8. The van der Waals surface area contributed by atoms with E-state index in [0.29, 0.717) is 25.2 Å². The van der Waals surface area contributed by atoms with Crippen LogP contribution in [0, 0.1) is 6.92 Å². The normalized spacial score (nSPS) is 17.6. The van der Waals surface area contributed by atoms with Crippen molar-refractivity contribution < 1.29 is 13.2 Å². The molecule has 6 nitrogen and oxygen atoms in total. The van der Waals surface area contributed by atoms with Crippen molar-refractivity contribution in [3.63, 3.8) is 0 Å². The van der Waals surface area contributed by atoms with Crippen LogP contribution in [0.3, 0.4) is 0 Å². The second-order valence-corrected chi connectivity index (χ2v) is 10.4. The number of hydrogen-bond acceptors (Lipinski definition) is 4. The molecule has 0 spiro atoms. The molecule has 2 aliphatic heterocycles. The van der Waals surface area contributed by atoms with Gasteiger partial charge in [0.2, 0.25) is 10.0 Å². The van der Waals surface area contributed by atoms with Gasteiger partial charge in [0.25, 0.3) is 5.91 Å². The van der Waals surface area contributed by atoms with Crippen LogP contribution in [-0.4, -0.2) is 44.8 Å². The molecule has 0 aromatic heterocycles. The predicted octanol–water partition coefficient (Wildman–Crippen LogP) is 3.70. The van der Waals surface area contributed by atoms with Crippen molar-refractivity contribution in [2.45, 2.75) is 50.5 Å². The minimum Gasteiger partial charge on any atom is -0.372 e. The molecule has 2 fully saturated rings. The zero-order valence-electron chi connectivity index (χ0n) is 18.1. The second kappa shape index (κ2) is 9.40. The van der Waals surface area contributed by atoms with Crippen LogP contribution in [0.1, 0.15) is 53.6 Å². The maximum absolute atomic E-state index is 12.9. The number of amides is 1. The van der Waals surface area contributed by atoms with Gasteiger partial charge in [-0.15, -0.1) is 0 Å². The molecule has 166 valence electrons. The van der Waals surface area contributed by atoms with E-state index in [1.807, 2.05) is 19.1 Å². The van der Waals surface area contributed by atoms with Crippen LogP contribution in [0.4, 0.5) is 5.69 Å². The largest absolute Gasteiger partial charge is 0.372 e. The van der Waals surface area contributed by atoms with E-state index < -0.39 is 10.0 Å². The first-order valence-electron chi connectivity index (χ1n) is 11.2. The fourth-order valence-electron chi connectivity index (χ4n) is 4.34. The summed E-state index contributed by atoms with van der Waals surface area (Å²) in [6.45, 7) is 5.53. The molecule has 0 atom stereocenters. The molecule has 2 aromatic rings. The average molecular weight is 442 g/mol. The summed E-state index contributed by atoms with van der Waals surface area (Å²) < 4.78 is 27.2. The molecule has 31 heavy (non-hydrogen) atoms. The first-order chi connectivity index (χ1) is 14.9. The monoisotopic (exact) mass is 441 g/mol. The number of aryl methyl sites for hydroxylation is 1. The summed E-state index contributed by atoms with van der Waals surface area (Å²) in [6, 6.07) is 13.1. The van der Waals surface area contributed by atoms with Gasteiger partial charge in [0.05, 0.1) is 4.90 Å². The number of benzene rings is 2. The molecule has 0 radical (unpaired) electrons. The van der Waals surface area contributed by atoms with Gasteiger partial charge >= 0.3 is 0 Å². The lowest BCUT2D eigenvalue weighted by atomic mass is 10.1. The summed E-state index contributed by atoms with van der Waals surface area (Å²) >= 11 is 0. The molecular weight excluding hydrogens is 410 g/mol. The Balaban J connectivity index is 1.42. The van der Waals surface area contributed by atoms with Crippen LogP contribution in [0.5, 0.6) is 0 Å². The lowest BCUT2D eigenvalue weighted by Gasteiger charge is -2.28. The van der Waals surface area contributed by atoms with Gasteiger partial charge in [0.15, 0.2) is 0 Å². The van der Waals surface area contributed by atoms with Gasteiger partial charge in [-0.1, -0.05) is 18.2 Å². The van der Waals surface area contributed by atoms with Gasteiger partial charge in [0, 0.05) is 44.0 Å². The lowest BCUT2D eigenvalue weighted by Crippen LogP contribution is -2.29. The number of hydrogen-bond donors (Lipinski definition) is 1. The Bertz CT molecular complexity index is 1020. The van der Waals surface area contributed by atoms with E-state index in [1.54, 1.807) is 12.1 Å². The molecule has 4 rings (SSSR count). The first kappa shape index (κ1) is 21.8. The minimum absolute atomic E-state index is 0.191. The molecule has 2 saturated heterocycles. The third-order valence-corrected chi connectivity index (χ3v) is 8.16. The molecule has 1 N–H and O–H groups in total. The molecule has 0 saturated carbocycles. The number of anilines is 1. The number of piperidine rings is 1. The fraction of sp³-hybridized carbons (Fsp3) is 0.458. The van der Waals surface area contributed by atoms with Crippen molar-refractivity contribution >= 4 is 21.6 Å². The Morgan fingerprint density at radius 3 is 2.23 bits per heavy atom. The highest BCUT2D eigenvalue weighted by molar-refractivity contribution is 7.89. The van der Waals surface area contributed by atoms with Crippen molar-refractivity contribution in [1.29, 1.82) is 0 Å². The highest BCUT2D eigenvalue weighted by Gasteiger charge is 2.28. The van der Waals surface area contributed by atoms with E-state index >= 15 is 0 Å². The zero-order valence-corrected chi connectivity index (χ0v) is 19.0. The summed E-state index contributed by atoms with van der Waals surface area (Å²) in [6.07, 6.45) is 5.55. The molecule has 0 unspecified atom stereocenters. The summed E-state index contributed by atoms with van der Waals surface area (Å²) in [5.41, 5.74) is 3.42. The molecule has 0 aliphatic carbocycles. The van der Waals surface area contributed by atoms with Gasteiger partial charge in [-0.05, 0) is 74.4 Å². The van der Waals surface area contributed by atoms with E-state index in [9.17, 15) is 13.2 Å². The fourth-order valence-corrected chi connectivity index (χ4v) is 5.88. The van der Waals surface area contributed by atoms with Crippen molar-refractivity contribution in [3.8, 4) is 0 Å². The Morgan fingerprint density at radius 2 is 1.55 bits per heavy atom. The van der Waals surface area contributed by atoms with Crippen LogP contribution in [0.15, 0.2) is 47.4 Å². The van der Waals surface area contributed by atoms with Gasteiger partial charge in [-0.2, -0.15) is 4.31 Å². The van der Waals surface area contributed by atoms with Crippen molar-refractivity contribution in [3.05, 3.63) is 59.2 Å². The third kappa shape index (κ3) is 4.93. The number of nitrogens with zero attached hydrogens (tertiary/aromatic N) is 2. The maximum atomic E-state index is 12.9. The molecule has 2 aromatic carbocycles. The number of sulfonamides is 1. The molecule has 1 amide bonds. The van der Waals surface area contributed by atoms with Crippen LogP contribution in [-0.2, 0) is 16.6 Å². The van der Waals surface area contributed by atoms with Crippen molar-refractivity contribution in [2.75, 3.05) is 31.1 Å². The lowest BCUT2D eigenvalue weighted by molar-refractivity contribution is 0.0950. The van der Waals surface area contributed by atoms with Crippen LogP contribution < -0.4 is 10.2 Å². The smallest absolute Gasteiger partial charge is 0.251 e. The predicted molar refractivity (Wildman–Crippen MR) is 123 cm³/mol. The minimum atomic E-state index is -3.55. The topological polar surface area (TPSA) is 69.7 Å². The van der Waals surface area contributed by atoms with Gasteiger partial charge < -0.3 is 10.2 Å². The van der Waals surface area contributed by atoms with Crippen LogP contribution >= 0.6 is 0 Å². The maximum Gasteiger partial charge on any atom is 0.251 e. The molecule has 7 heteroatoms. The van der Waals surface area contributed by atoms with E-state index in [0.717, 1.165) is 37.1 Å². The summed E-state index contributed by atoms with van der Waals surface area (Å²) in [5, 5.41) is 2.94. The quantitative estimate of drug-likeness (QED) is 0.742. The number of carbonyl (C=O) groups excluding carboxylic acids is 1. The van der Waals surface area contributed by atoms with E-state index in [4.69, 9.17) is 0 Å². The van der Waals surface area contributed by atoms with E-state index in [2.05, 4.69) is 22.3 Å². The summed E-state index contributed by atoms with van der Waals surface area (Å²) in [7, 11) is -3.55. The molecule has 2 heterocycles. The number of rotatable bonds is 6. The average Bonchev–Trinajstić information content (AvgIpc) is 3.35. The Kier molecular flexibility index (Phi) is 6.62. The number of carbonyl (C=O) groups is 1. The number of nitrogens with one attached hydrogen (secondary N) is 1. The highest BCUT2D eigenvalue weighted by Crippen LogP contribution is 2.23. The SMILES string of the molecule is Cc1ccc(S(=O)(=O)N2CCCC2)cc1C(=O)NCc1ccc(N2CCCCC2)cc1. The molecule has 2 aliphatic rings. The van der Waals surface area contributed by atoms with Gasteiger partial charge in [-0.25, -0.2) is 8.42 Å². The van der Waals surface area contributed by atoms with E-state index in [1.165, 1.54) is 35.3 Å². The molecule has 0 bridgehead atoms. The first-order valence-corrected chi connectivity index (χ1v) is 12.6. The summed E-state index contributed by atoms with van der Waals surface area (Å²) in [5.74, 6) is -0.254. The third-order valence-electron chi connectivity index (χ3n) is 6.27. The standard InChI is InChI=1S/C24H31N3O3S/c1-19-7-12-22(31(29,30)27-15-5-6-16-27)17-23(19)24(28)25-18-20-8-10-21(11-9-20)26-13-3-2-4-14-26/h7-12,17H,2-6,13-16,18H2,1H3,(H,25,28). The Labute approximate surface area is 185 Å². The Hall–Kier alpha value is -2.38. The second-order valence-electron chi connectivity index (χ2n) is 8.48. The Morgan fingerprint density at radius 1 is 0.903 bits per heavy atom. The van der Waals surface area contributed by atoms with Crippen molar-refractivity contribution in [2.24, 2.45) is 0 Å². The summed E-state index contributed by atoms with van der Waals surface area (Å²) in [4.78, 5) is 15.4. The van der Waals surface area contributed by atoms with Crippen molar-refractivity contribution in [1.82, 2.24) is 9.62 Å². The van der Waals surface area contributed by atoms with Crippen LogP contribution in [0.2, 0.25) is 0 Å². The van der Waals surface area contributed by atoms with Gasteiger partial charge in [-0.3, -0.25) is 4.79 Å². The van der Waals surface area contributed by atoms with Crippen LogP contribution in [0.25, 0.3) is 0 Å². The van der Waals surface area contributed by atoms with E-state index in [-0.39, 0.29) is 10.8 Å². The van der Waals surface area contributed by atoms with Gasteiger partial charge in [0.1, 0.15) is 0 Å². The highest BCUT2D eigenvalue weighted by atomic mass is 32.2. The molecular formula is C24H31N3O3S.